The number of aryl methyl sites for hydroxylation is 1. The second-order valence-corrected chi connectivity index (χ2v) is 7.25. The highest BCUT2D eigenvalue weighted by atomic mass is 79.9. The van der Waals surface area contributed by atoms with Gasteiger partial charge in [0.1, 0.15) is 6.04 Å². The van der Waals surface area contributed by atoms with Crippen LogP contribution in [0.1, 0.15) is 17.2 Å². The van der Waals surface area contributed by atoms with Crippen LogP contribution in [0.15, 0.2) is 53.0 Å². The highest BCUT2D eigenvalue weighted by Crippen LogP contribution is 2.21. The van der Waals surface area contributed by atoms with E-state index in [-0.39, 0.29) is 5.91 Å². The molecular weight excluding hydrogens is 410 g/mol. The summed E-state index contributed by atoms with van der Waals surface area (Å²) >= 11 is 3.40. The van der Waals surface area contributed by atoms with Gasteiger partial charge in [-0.1, -0.05) is 52.3 Å². The zero-order valence-corrected chi connectivity index (χ0v) is 16.7. The number of carbonyl (C=O) groups excluding carboxylic acids is 2. The molecule has 27 heavy (non-hydrogen) atoms. The van der Waals surface area contributed by atoms with Gasteiger partial charge in [-0.05, 0) is 30.2 Å². The summed E-state index contributed by atoms with van der Waals surface area (Å²) in [5.74, 6) is -0.134. The van der Waals surface area contributed by atoms with Crippen molar-refractivity contribution in [1.29, 1.82) is 0 Å². The topological polar surface area (TPSA) is 70.7 Å². The summed E-state index contributed by atoms with van der Waals surface area (Å²) in [6.07, 6.45) is 0. The van der Waals surface area contributed by atoms with E-state index in [0.29, 0.717) is 32.0 Å². The normalized spacial score (nSPS) is 15.1. The van der Waals surface area contributed by atoms with Gasteiger partial charge in [-0.15, -0.1) is 0 Å². The van der Waals surface area contributed by atoms with Gasteiger partial charge in [-0.25, -0.2) is 4.79 Å². The molecule has 2 aromatic rings. The Morgan fingerprint density at radius 3 is 2.52 bits per heavy atom. The maximum absolute atomic E-state index is 13.0. The van der Waals surface area contributed by atoms with Crippen molar-refractivity contribution in [2.45, 2.75) is 13.0 Å². The number of morpholine rings is 1. The third-order valence-electron chi connectivity index (χ3n) is 4.43. The monoisotopic (exact) mass is 431 g/mol. The van der Waals surface area contributed by atoms with E-state index in [4.69, 9.17) is 4.74 Å². The molecule has 0 spiro atoms. The fourth-order valence-corrected chi connectivity index (χ4v) is 3.28. The van der Waals surface area contributed by atoms with Gasteiger partial charge in [0, 0.05) is 23.2 Å². The van der Waals surface area contributed by atoms with E-state index in [1.807, 2.05) is 55.5 Å². The molecule has 0 aromatic heterocycles. The molecule has 1 fully saturated rings. The van der Waals surface area contributed by atoms with Crippen molar-refractivity contribution in [3.05, 3.63) is 64.1 Å². The molecule has 1 atom stereocenters. The smallest absolute Gasteiger partial charge is 0.320 e. The van der Waals surface area contributed by atoms with Crippen molar-refractivity contribution in [2.24, 2.45) is 0 Å². The third-order valence-corrected chi connectivity index (χ3v) is 4.92. The Morgan fingerprint density at radius 1 is 1.11 bits per heavy atom. The molecule has 6 nitrogen and oxygen atoms in total. The maximum Gasteiger partial charge on any atom is 0.320 e. The highest BCUT2D eigenvalue weighted by Gasteiger charge is 2.28. The minimum atomic E-state index is -0.753. The molecule has 1 aliphatic rings. The molecule has 2 N–H and O–H groups in total. The molecule has 0 unspecified atom stereocenters. The summed E-state index contributed by atoms with van der Waals surface area (Å²) in [6.45, 7) is 3.98. The average molecular weight is 432 g/mol. The number of rotatable bonds is 4. The first-order valence-electron chi connectivity index (χ1n) is 8.80. The van der Waals surface area contributed by atoms with Crippen molar-refractivity contribution in [3.63, 3.8) is 0 Å². The lowest BCUT2D eigenvalue weighted by Gasteiger charge is -2.31. The number of amides is 3. The van der Waals surface area contributed by atoms with Gasteiger partial charge in [0.25, 0.3) is 0 Å². The Bertz CT molecular complexity index is 807. The zero-order valence-electron chi connectivity index (χ0n) is 15.1. The van der Waals surface area contributed by atoms with Gasteiger partial charge in [0.2, 0.25) is 5.91 Å². The van der Waals surface area contributed by atoms with E-state index in [2.05, 4.69) is 26.6 Å². The molecular formula is C20H22BrN3O3. The SMILES string of the molecule is Cc1ccc(Br)cc1NC(=O)N[C@H](C(=O)N1CCOCC1)c1ccccc1. The van der Waals surface area contributed by atoms with E-state index >= 15 is 0 Å². The highest BCUT2D eigenvalue weighted by molar-refractivity contribution is 9.10. The number of hydrogen-bond donors (Lipinski definition) is 2. The lowest BCUT2D eigenvalue weighted by Crippen LogP contribution is -2.48. The first-order chi connectivity index (χ1) is 13.0. The average Bonchev–Trinajstić information content (AvgIpc) is 2.70. The van der Waals surface area contributed by atoms with Crippen LogP contribution in [0.5, 0.6) is 0 Å². The minimum absolute atomic E-state index is 0.134. The van der Waals surface area contributed by atoms with Crippen LogP contribution in [0.25, 0.3) is 0 Å². The molecule has 0 saturated carbocycles. The van der Waals surface area contributed by atoms with Crippen molar-refractivity contribution >= 4 is 33.6 Å². The summed E-state index contributed by atoms with van der Waals surface area (Å²) in [5.41, 5.74) is 2.37. The van der Waals surface area contributed by atoms with Gasteiger partial charge in [0.05, 0.1) is 13.2 Å². The maximum atomic E-state index is 13.0. The van der Waals surface area contributed by atoms with E-state index in [9.17, 15) is 9.59 Å². The van der Waals surface area contributed by atoms with E-state index in [1.165, 1.54) is 0 Å². The second-order valence-electron chi connectivity index (χ2n) is 6.34. The fraction of sp³-hybridized carbons (Fsp3) is 0.300. The van der Waals surface area contributed by atoms with Crippen LogP contribution in [0.2, 0.25) is 0 Å². The number of hydrogen-bond acceptors (Lipinski definition) is 3. The molecule has 142 valence electrons. The molecule has 3 amide bonds. The van der Waals surface area contributed by atoms with Crippen LogP contribution < -0.4 is 10.6 Å². The van der Waals surface area contributed by atoms with Gasteiger partial charge in [0.15, 0.2) is 0 Å². The largest absolute Gasteiger partial charge is 0.378 e. The van der Waals surface area contributed by atoms with Crippen molar-refractivity contribution < 1.29 is 14.3 Å². The number of ether oxygens (including phenoxy) is 1. The lowest BCUT2D eigenvalue weighted by atomic mass is 10.1. The number of urea groups is 1. The molecule has 1 aliphatic heterocycles. The number of nitrogens with one attached hydrogen (secondary N) is 2. The summed E-state index contributed by atoms with van der Waals surface area (Å²) in [6, 6.07) is 13.7. The summed E-state index contributed by atoms with van der Waals surface area (Å²) in [7, 11) is 0. The van der Waals surface area contributed by atoms with Gasteiger partial charge in [-0.3, -0.25) is 4.79 Å². The van der Waals surface area contributed by atoms with Gasteiger partial charge >= 0.3 is 6.03 Å². The lowest BCUT2D eigenvalue weighted by molar-refractivity contribution is -0.137. The molecule has 1 saturated heterocycles. The predicted molar refractivity (Wildman–Crippen MR) is 108 cm³/mol. The zero-order chi connectivity index (χ0) is 19.2. The number of carbonyl (C=O) groups is 2. The van der Waals surface area contributed by atoms with Crippen molar-refractivity contribution in [1.82, 2.24) is 10.2 Å². The standard InChI is InChI=1S/C20H22BrN3O3/c1-14-7-8-16(21)13-17(14)22-20(26)23-18(15-5-3-2-4-6-15)19(25)24-9-11-27-12-10-24/h2-8,13,18H,9-12H2,1H3,(H2,22,23,26)/t18-/m0/s1. The summed E-state index contributed by atoms with van der Waals surface area (Å²) in [4.78, 5) is 27.4. The molecule has 3 rings (SSSR count). The van der Waals surface area contributed by atoms with Gasteiger partial charge < -0.3 is 20.3 Å². The number of benzene rings is 2. The second kappa shape index (κ2) is 9.01. The third kappa shape index (κ3) is 5.08. The van der Waals surface area contributed by atoms with Crippen molar-refractivity contribution in [2.75, 3.05) is 31.6 Å². The van der Waals surface area contributed by atoms with E-state index in [1.54, 1.807) is 4.90 Å². The Morgan fingerprint density at radius 2 is 1.81 bits per heavy atom. The summed E-state index contributed by atoms with van der Waals surface area (Å²) in [5, 5.41) is 5.66. The van der Waals surface area contributed by atoms with Crippen molar-refractivity contribution in [3.8, 4) is 0 Å². The van der Waals surface area contributed by atoms with Gasteiger partial charge in [-0.2, -0.15) is 0 Å². The predicted octanol–water partition coefficient (Wildman–Crippen LogP) is 3.48. The molecule has 1 heterocycles. The summed E-state index contributed by atoms with van der Waals surface area (Å²) < 4.78 is 6.19. The van der Waals surface area contributed by atoms with Crippen LogP contribution in [0.3, 0.4) is 0 Å². The first-order valence-corrected chi connectivity index (χ1v) is 9.59. The van der Waals surface area contributed by atoms with Crippen LogP contribution in [0, 0.1) is 6.92 Å². The van der Waals surface area contributed by atoms with E-state index in [0.717, 1.165) is 15.6 Å². The van der Waals surface area contributed by atoms with Crippen LogP contribution in [-0.2, 0) is 9.53 Å². The Labute approximate surface area is 167 Å². The first kappa shape index (κ1) is 19.4. The van der Waals surface area contributed by atoms with Crippen LogP contribution >= 0.6 is 15.9 Å². The van der Waals surface area contributed by atoms with Crippen LogP contribution in [-0.4, -0.2) is 43.1 Å². The Kier molecular flexibility index (Phi) is 6.47. The minimum Gasteiger partial charge on any atom is -0.378 e. The number of halogens is 1. The Balaban J connectivity index is 1.77. The molecule has 0 aliphatic carbocycles. The molecule has 0 radical (unpaired) electrons. The Hall–Kier alpha value is -2.38. The fourth-order valence-electron chi connectivity index (χ4n) is 2.92. The van der Waals surface area contributed by atoms with E-state index < -0.39 is 12.1 Å². The van der Waals surface area contributed by atoms with Crippen LogP contribution in [0.4, 0.5) is 10.5 Å². The molecule has 0 bridgehead atoms. The number of anilines is 1. The number of nitrogens with zero attached hydrogens (tertiary/aromatic N) is 1. The molecule has 2 aromatic carbocycles. The quantitative estimate of drug-likeness (QED) is 0.778. The molecule has 7 heteroatoms.